The summed E-state index contributed by atoms with van der Waals surface area (Å²) < 4.78 is 0. The molecule has 0 fully saturated rings. The van der Waals surface area contributed by atoms with E-state index < -0.39 is 0 Å². The summed E-state index contributed by atoms with van der Waals surface area (Å²) >= 11 is 0. The predicted octanol–water partition coefficient (Wildman–Crippen LogP) is 9.70. The van der Waals surface area contributed by atoms with Crippen LogP contribution in [0.5, 0.6) is 0 Å². The van der Waals surface area contributed by atoms with Gasteiger partial charge in [-0.2, -0.15) is 0 Å². The van der Waals surface area contributed by atoms with Gasteiger partial charge in [-0.15, -0.1) is 34.9 Å². The molecule has 0 spiro atoms. The molecule has 0 amide bonds. The molecule has 1 unspecified atom stereocenters. The Hall–Kier alpha value is -2.29. The Balaban J connectivity index is 0.000000401. The standard InChI is InChI=1S/C21H22N.C13H24O2.Ir/c1-5-16(4)19-13-21(17-11-14(2)10-15(3)12-17)22-20-9-7-6-8-18(19)20;1-5-10(6-2)12(14)9-13(15)11(7-3)8-4;/h6-11,13,16H,5H2,1-4H3;9-11,14H,5-8H2,1-4H3;/q-1;;/b;12-9-;. The number of allylic oxidation sites excluding steroid dienone is 2. The van der Waals surface area contributed by atoms with Crippen LogP contribution < -0.4 is 0 Å². The number of aryl methyl sites for hydroxylation is 2. The second-order valence-electron chi connectivity index (χ2n) is 10.2. The van der Waals surface area contributed by atoms with Crippen LogP contribution in [0.1, 0.15) is 96.3 Å². The summed E-state index contributed by atoms with van der Waals surface area (Å²) in [5.41, 5.74) is 6.99. The van der Waals surface area contributed by atoms with Gasteiger partial charge in [0.25, 0.3) is 0 Å². The van der Waals surface area contributed by atoms with Crippen molar-refractivity contribution in [3.63, 3.8) is 0 Å². The molecule has 0 saturated heterocycles. The molecule has 3 rings (SSSR count). The van der Waals surface area contributed by atoms with Gasteiger partial charge < -0.3 is 5.11 Å². The maximum absolute atomic E-state index is 11.7. The predicted molar refractivity (Wildman–Crippen MR) is 158 cm³/mol. The van der Waals surface area contributed by atoms with E-state index in [1.807, 2.05) is 27.7 Å². The summed E-state index contributed by atoms with van der Waals surface area (Å²) in [7, 11) is 0. The molecule has 1 aromatic heterocycles. The normalized spacial score (nSPS) is 12.2. The number of nitrogens with zero attached hydrogens (tertiary/aromatic N) is 1. The largest absolute Gasteiger partial charge is 0.512 e. The van der Waals surface area contributed by atoms with Crippen molar-refractivity contribution >= 4 is 16.7 Å². The fourth-order valence-corrected chi connectivity index (χ4v) is 4.78. The number of hydrogen-bond acceptors (Lipinski definition) is 3. The minimum atomic E-state index is 0. The van der Waals surface area contributed by atoms with Crippen LogP contribution in [0.4, 0.5) is 0 Å². The zero-order valence-corrected chi connectivity index (χ0v) is 26.9. The Morgan fingerprint density at radius 2 is 1.53 bits per heavy atom. The molecular weight excluding hydrogens is 647 g/mol. The van der Waals surface area contributed by atoms with Crippen molar-refractivity contribution < 1.29 is 30.0 Å². The van der Waals surface area contributed by atoms with Gasteiger partial charge in [0.15, 0.2) is 5.78 Å². The van der Waals surface area contributed by atoms with Crippen LogP contribution in [0.25, 0.3) is 22.2 Å². The number of pyridine rings is 1. The third-order valence-electron chi connectivity index (χ3n) is 7.40. The molecule has 209 valence electrons. The molecule has 2 aromatic carbocycles. The van der Waals surface area contributed by atoms with Crippen LogP contribution in [0.2, 0.25) is 0 Å². The molecule has 1 N–H and O–H groups in total. The second-order valence-corrected chi connectivity index (χ2v) is 10.2. The fourth-order valence-electron chi connectivity index (χ4n) is 4.78. The Bertz CT molecular complexity index is 1170. The molecule has 3 aromatic rings. The van der Waals surface area contributed by atoms with E-state index in [1.54, 1.807) is 0 Å². The number of ketones is 1. The van der Waals surface area contributed by atoms with Crippen LogP contribution in [0.15, 0.2) is 54.3 Å². The molecule has 4 heteroatoms. The minimum absolute atomic E-state index is 0. The van der Waals surface area contributed by atoms with Gasteiger partial charge in [-0.25, -0.2) is 0 Å². The van der Waals surface area contributed by atoms with Crippen LogP contribution in [-0.2, 0) is 24.9 Å². The van der Waals surface area contributed by atoms with E-state index in [-0.39, 0.29) is 43.5 Å². The van der Waals surface area contributed by atoms with E-state index in [2.05, 4.69) is 76.2 Å². The summed E-state index contributed by atoms with van der Waals surface area (Å²) in [6.07, 6.45) is 6.04. The summed E-state index contributed by atoms with van der Waals surface area (Å²) in [5, 5.41) is 11.0. The molecule has 0 saturated carbocycles. The van der Waals surface area contributed by atoms with Gasteiger partial charge in [-0.1, -0.05) is 79.7 Å². The third-order valence-corrected chi connectivity index (χ3v) is 7.40. The number of aliphatic hydroxyl groups excluding tert-OH is 1. The molecule has 38 heavy (non-hydrogen) atoms. The quantitative estimate of drug-likeness (QED) is 0.131. The summed E-state index contributed by atoms with van der Waals surface area (Å²) in [5.74, 6) is 1.07. The van der Waals surface area contributed by atoms with Crippen molar-refractivity contribution in [2.24, 2.45) is 11.8 Å². The number of para-hydroxylation sites is 1. The summed E-state index contributed by atoms with van der Waals surface area (Å²) in [6.45, 7) is 16.8. The van der Waals surface area contributed by atoms with Gasteiger partial charge in [0.1, 0.15) is 0 Å². The first-order valence-corrected chi connectivity index (χ1v) is 14.0. The molecule has 1 heterocycles. The first kappa shape index (κ1) is 33.7. The number of benzene rings is 2. The number of fused-ring (bicyclic) bond motifs is 1. The zero-order valence-electron chi connectivity index (χ0n) is 24.5. The number of aliphatic hydroxyl groups is 1. The van der Waals surface area contributed by atoms with Crippen LogP contribution in [0, 0.1) is 31.7 Å². The molecule has 0 aliphatic rings. The number of aromatic nitrogens is 1. The Morgan fingerprint density at radius 3 is 2.08 bits per heavy atom. The van der Waals surface area contributed by atoms with Crippen molar-refractivity contribution in [2.75, 3.05) is 0 Å². The average Bonchev–Trinajstić information content (AvgIpc) is 2.88. The fraction of sp³-hybridized carbons (Fsp3) is 0.471. The SMILES string of the molecule is CCC(C)c1cc(-c2[c-]c(C)cc(C)c2)nc2ccccc12.CCC(CC)C(=O)/C=C(\O)C(CC)CC.[Ir]. The topological polar surface area (TPSA) is 50.2 Å². The van der Waals surface area contributed by atoms with E-state index in [0.29, 0.717) is 5.92 Å². The minimum Gasteiger partial charge on any atom is -0.512 e. The van der Waals surface area contributed by atoms with Crippen molar-refractivity contribution in [3.05, 3.63) is 77.1 Å². The van der Waals surface area contributed by atoms with Crippen molar-refractivity contribution in [1.29, 1.82) is 0 Å². The van der Waals surface area contributed by atoms with E-state index in [9.17, 15) is 9.90 Å². The van der Waals surface area contributed by atoms with Gasteiger partial charge in [0.05, 0.1) is 11.3 Å². The number of hydrogen-bond donors (Lipinski definition) is 1. The van der Waals surface area contributed by atoms with Gasteiger partial charge in [-0.05, 0) is 55.3 Å². The Labute approximate surface area is 244 Å². The number of carbonyl (C=O) groups excluding carboxylic acids is 1. The maximum Gasteiger partial charge on any atom is 0.162 e. The number of rotatable bonds is 10. The van der Waals surface area contributed by atoms with Crippen molar-refractivity contribution in [3.8, 4) is 11.3 Å². The smallest absolute Gasteiger partial charge is 0.162 e. The molecule has 0 bridgehead atoms. The molecule has 0 aliphatic heterocycles. The Kier molecular flexibility index (Phi) is 14.8. The van der Waals surface area contributed by atoms with Gasteiger partial charge >= 0.3 is 0 Å². The van der Waals surface area contributed by atoms with Crippen LogP contribution in [-0.4, -0.2) is 15.9 Å². The molecule has 1 atom stereocenters. The van der Waals surface area contributed by atoms with Gasteiger partial charge in [-0.3, -0.25) is 9.78 Å². The molecule has 1 radical (unpaired) electrons. The third kappa shape index (κ3) is 9.17. The summed E-state index contributed by atoms with van der Waals surface area (Å²) in [4.78, 5) is 16.6. The van der Waals surface area contributed by atoms with Crippen LogP contribution >= 0.6 is 0 Å². The summed E-state index contributed by atoms with van der Waals surface area (Å²) in [6, 6.07) is 18.5. The van der Waals surface area contributed by atoms with E-state index in [4.69, 9.17) is 4.98 Å². The van der Waals surface area contributed by atoms with Crippen molar-refractivity contribution in [1.82, 2.24) is 4.98 Å². The van der Waals surface area contributed by atoms with E-state index >= 15 is 0 Å². The van der Waals surface area contributed by atoms with E-state index in [1.165, 1.54) is 22.6 Å². The number of carbonyl (C=O) groups is 1. The zero-order chi connectivity index (χ0) is 27.5. The molecule has 3 nitrogen and oxygen atoms in total. The monoisotopic (exact) mass is 693 g/mol. The van der Waals surface area contributed by atoms with Gasteiger partial charge in [0, 0.05) is 43.4 Å². The maximum atomic E-state index is 11.7. The molecule has 0 aliphatic carbocycles. The Morgan fingerprint density at radius 1 is 0.921 bits per heavy atom. The van der Waals surface area contributed by atoms with Crippen LogP contribution in [0.3, 0.4) is 0 Å². The van der Waals surface area contributed by atoms with Crippen molar-refractivity contribution in [2.45, 2.75) is 93.4 Å². The molecular formula is C34H46IrNO2-. The van der Waals surface area contributed by atoms with E-state index in [0.717, 1.165) is 54.4 Å². The average molecular weight is 693 g/mol. The second kappa shape index (κ2) is 16.6. The first-order valence-electron chi connectivity index (χ1n) is 14.0. The van der Waals surface area contributed by atoms with Gasteiger partial charge in [0.2, 0.25) is 0 Å². The first-order chi connectivity index (χ1) is 17.7.